The molecule has 2 atom stereocenters. The van der Waals surface area contributed by atoms with E-state index < -0.39 is 18.1 Å². The topological polar surface area (TPSA) is 108 Å². The standard InChI is InChI=1S/C25H29N3O5/c1-33-27-20(14-15-23(29)28-16-8-13-22(28)25(31)32)21(17-18-9-4-2-5-10-18)26-24(30)19-11-6-3-7-12-19/h2-7,9-12,21-22H,8,13-17H2,1H3,(H,26,30)(H,31,32)/t21-,22+/m1/s1. The number of rotatable bonds is 10. The van der Waals surface area contributed by atoms with Gasteiger partial charge >= 0.3 is 5.97 Å². The van der Waals surface area contributed by atoms with Gasteiger partial charge in [0.15, 0.2) is 0 Å². The average Bonchev–Trinajstić information content (AvgIpc) is 3.33. The lowest BCUT2D eigenvalue weighted by molar-refractivity contribution is -0.148. The summed E-state index contributed by atoms with van der Waals surface area (Å²) in [5, 5.41) is 16.5. The van der Waals surface area contributed by atoms with Gasteiger partial charge in [-0.05, 0) is 43.4 Å². The molecule has 1 heterocycles. The van der Waals surface area contributed by atoms with Crippen LogP contribution in [0.4, 0.5) is 0 Å². The van der Waals surface area contributed by atoms with E-state index in [0.29, 0.717) is 37.1 Å². The largest absolute Gasteiger partial charge is 0.480 e. The molecule has 8 nitrogen and oxygen atoms in total. The Morgan fingerprint density at radius 1 is 1.09 bits per heavy atom. The van der Waals surface area contributed by atoms with Crippen LogP contribution in [-0.2, 0) is 20.8 Å². The van der Waals surface area contributed by atoms with Crippen molar-refractivity contribution in [2.45, 2.75) is 44.2 Å². The third-order valence-electron chi connectivity index (χ3n) is 5.69. The lowest BCUT2D eigenvalue weighted by Crippen LogP contribution is -2.44. The van der Waals surface area contributed by atoms with Crippen molar-refractivity contribution < 1.29 is 24.3 Å². The zero-order valence-electron chi connectivity index (χ0n) is 18.6. The fourth-order valence-electron chi connectivity index (χ4n) is 4.03. The van der Waals surface area contributed by atoms with Crippen LogP contribution in [0.5, 0.6) is 0 Å². The predicted molar refractivity (Wildman–Crippen MR) is 124 cm³/mol. The quantitative estimate of drug-likeness (QED) is 0.427. The van der Waals surface area contributed by atoms with Gasteiger partial charge in [-0.15, -0.1) is 0 Å². The van der Waals surface area contributed by atoms with E-state index in [1.54, 1.807) is 24.3 Å². The SMILES string of the molecule is CON=C(CCC(=O)N1CCC[C@H]1C(=O)O)[C@@H](Cc1ccccc1)NC(=O)c1ccccc1. The van der Waals surface area contributed by atoms with E-state index in [4.69, 9.17) is 4.84 Å². The fourth-order valence-corrected chi connectivity index (χ4v) is 4.03. The maximum absolute atomic E-state index is 12.9. The number of carboxylic acid groups (broad SMARTS) is 1. The van der Waals surface area contributed by atoms with Gasteiger partial charge in [0.2, 0.25) is 5.91 Å². The van der Waals surface area contributed by atoms with Crippen LogP contribution in [0.1, 0.15) is 41.6 Å². The Balaban J connectivity index is 1.76. The van der Waals surface area contributed by atoms with Gasteiger partial charge in [-0.3, -0.25) is 9.59 Å². The van der Waals surface area contributed by atoms with Crippen LogP contribution >= 0.6 is 0 Å². The Bertz CT molecular complexity index is 978. The number of likely N-dealkylation sites (tertiary alicyclic amines) is 1. The van der Waals surface area contributed by atoms with Crippen LogP contribution < -0.4 is 5.32 Å². The first-order valence-corrected chi connectivity index (χ1v) is 11.0. The highest BCUT2D eigenvalue weighted by atomic mass is 16.6. The summed E-state index contributed by atoms with van der Waals surface area (Å²) in [6.45, 7) is 0.435. The number of nitrogens with zero attached hydrogens (tertiary/aromatic N) is 2. The smallest absolute Gasteiger partial charge is 0.326 e. The Labute approximate surface area is 193 Å². The molecule has 2 amide bonds. The highest BCUT2D eigenvalue weighted by Crippen LogP contribution is 2.19. The summed E-state index contributed by atoms with van der Waals surface area (Å²) < 4.78 is 0. The van der Waals surface area contributed by atoms with Crippen molar-refractivity contribution in [1.29, 1.82) is 0 Å². The van der Waals surface area contributed by atoms with Crippen molar-refractivity contribution in [2.75, 3.05) is 13.7 Å². The summed E-state index contributed by atoms with van der Waals surface area (Å²) in [4.78, 5) is 43.5. The van der Waals surface area contributed by atoms with Gasteiger partial charge in [0, 0.05) is 18.5 Å². The molecule has 174 valence electrons. The van der Waals surface area contributed by atoms with E-state index in [2.05, 4.69) is 10.5 Å². The van der Waals surface area contributed by atoms with Gasteiger partial charge in [0.25, 0.3) is 5.91 Å². The molecule has 0 spiro atoms. The maximum Gasteiger partial charge on any atom is 0.326 e. The minimum atomic E-state index is -0.983. The number of benzene rings is 2. The van der Waals surface area contributed by atoms with Crippen molar-refractivity contribution in [3.05, 3.63) is 71.8 Å². The number of oxime groups is 1. The van der Waals surface area contributed by atoms with E-state index in [1.165, 1.54) is 12.0 Å². The molecule has 1 saturated heterocycles. The summed E-state index contributed by atoms with van der Waals surface area (Å²) in [5.41, 5.74) is 2.03. The van der Waals surface area contributed by atoms with Gasteiger partial charge in [0.1, 0.15) is 13.2 Å². The number of carboxylic acids is 1. The molecule has 0 bridgehead atoms. The lowest BCUT2D eigenvalue weighted by Gasteiger charge is -2.23. The van der Waals surface area contributed by atoms with Gasteiger partial charge in [-0.25, -0.2) is 4.79 Å². The predicted octanol–water partition coefficient (Wildman–Crippen LogP) is 2.89. The molecule has 1 aliphatic rings. The first kappa shape index (κ1) is 24.0. The first-order chi connectivity index (χ1) is 16.0. The Hall–Kier alpha value is -3.68. The van der Waals surface area contributed by atoms with Gasteiger partial charge in [-0.2, -0.15) is 0 Å². The minimum absolute atomic E-state index is 0.0818. The van der Waals surface area contributed by atoms with Crippen molar-refractivity contribution >= 4 is 23.5 Å². The molecule has 2 N–H and O–H groups in total. The number of nitrogens with one attached hydrogen (secondary N) is 1. The zero-order chi connectivity index (χ0) is 23.6. The third kappa shape index (κ3) is 6.65. The summed E-state index contributed by atoms with van der Waals surface area (Å²) in [5.74, 6) is -1.47. The van der Waals surface area contributed by atoms with Crippen LogP contribution in [0.2, 0.25) is 0 Å². The molecule has 0 radical (unpaired) electrons. The minimum Gasteiger partial charge on any atom is -0.480 e. The van der Waals surface area contributed by atoms with Crippen LogP contribution in [-0.4, -0.2) is 59.2 Å². The van der Waals surface area contributed by atoms with Crippen LogP contribution in [0.25, 0.3) is 0 Å². The number of carbonyl (C=O) groups is 3. The highest BCUT2D eigenvalue weighted by molar-refractivity contribution is 6.00. The van der Waals surface area contributed by atoms with Crippen LogP contribution in [0.3, 0.4) is 0 Å². The maximum atomic E-state index is 12.9. The van der Waals surface area contributed by atoms with E-state index in [-0.39, 0.29) is 24.7 Å². The molecule has 2 aromatic carbocycles. The van der Waals surface area contributed by atoms with E-state index >= 15 is 0 Å². The zero-order valence-corrected chi connectivity index (χ0v) is 18.6. The molecule has 1 aliphatic heterocycles. The van der Waals surface area contributed by atoms with Crippen LogP contribution in [0.15, 0.2) is 65.8 Å². The number of amides is 2. The molecule has 3 rings (SSSR count). The molecule has 0 aromatic heterocycles. The summed E-state index contributed by atoms with van der Waals surface area (Å²) >= 11 is 0. The Kier molecular flexibility index (Phi) is 8.57. The monoisotopic (exact) mass is 451 g/mol. The highest BCUT2D eigenvalue weighted by Gasteiger charge is 2.34. The van der Waals surface area contributed by atoms with Gasteiger partial charge < -0.3 is 20.2 Å². The molecule has 33 heavy (non-hydrogen) atoms. The second-order valence-electron chi connectivity index (χ2n) is 7.93. The van der Waals surface area contributed by atoms with E-state index in [1.807, 2.05) is 36.4 Å². The van der Waals surface area contributed by atoms with Crippen molar-refractivity contribution in [3.8, 4) is 0 Å². The second-order valence-corrected chi connectivity index (χ2v) is 7.93. The summed E-state index contributed by atoms with van der Waals surface area (Å²) in [7, 11) is 1.42. The normalized spacial score (nSPS) is 16.8. The second kappa shape index (κ2) is 11.8. The molecule has 2 aromatic rings. The molecular formula is C25H29N3O5. The Morgan fingerprint density at radius 2 is 1.76 bits per heavy atom. The number of carbonyl (C=O) groups excluding carboxylic acids is 2. The molecule has 8 heteroatoms. The average molecular weight is 452 g/mol. The first-order valence-electron chi connectivity index (χ1n) is 11.0. The lowest BCUT2D eigenvalue weighted by atomic mass is 9.98. The van der Waals surface area contributed by atoms with Crippen LogP contribution in [0, 0.1) is 0 Å². The van der Waals surface area contributed by atoms with E-state index in [9.17, 15) is 19.5 Å². The van der Waals surface area contributed by atoms with Crippen molar-refractivity contribution in [1.82, 2.24) is 10.2 Å². The van der Waals surface area contributed by atoms with Crippen molar-refractivity contribution in [2.24, 2.45) is 5.16 Å². The molecular weight excluding hydrogens is 422 g/mol. The van der Waals surface area contributed by atoms with E-state index in [0.717, 1.165) is 5.56 Å². The Morgan fingerprint density at radius 3 is 2.39 bits per heavy atom. The molecule has 0 aliphatic carbocycles. The summed E-state index contributed by atoms with van der Waals surface area (Å²) in [6.07, 6.45) is 1.92. The number of aliphatic carboxylic acids is 1. The molecule has 0 unspecified atom stereocenters. The number of hydrogen-bond donors (Lipinski definition) is 2. The van der Waals surface area contributed by atoms with Gasteiger partial charge in [-0.1, -0.05) is 53.7 Å². The fraction of sp³-hybridized carbons (Fsp3) is 0.360. The number of hydrogen-bond acceptors (Lipinski definition) is 5. The molecule has 0 saturated carbocycles. The van der Waals surface area contributed by atoms with Crippen molar-refractivity contribution in [3.63, 3.8) is 0 Å². The van der Waals surface area contributed by atoms with Gasteiger partial charge in [0.05, 0.1) is 11.8 Å². The molecule has 1 fully saturated rings. The third-order valence-corrected chi connectivity index (χ3v) is 5.69. The summed E-state index contributed by atoms with van der Waals surface area (Å²) in [6, 6.07) is 17.3.